The van der Waals surface area contributed by atoms with E-state index in [0.29, 0.717) is 23.8 Å². The van der Waals surface area contributed by atoms with Gasteiger partial charge in [-0.05, 0) is 31.5 Å². The second kappa shape index (κ2) is 5.66. The highest BCUT2D eigenvalue weighted by Crippen LogP contribution is 2.20. The van der Waals surface area contributed by atoms with Gasteiger partial charge in [-0.2, -0.15) is 5.10 Å². The molecule has 0 spiro atoms. The first-order chi connectivity index (χ1) is 9.38. The van der Waals surface area contributed by atoms with Crippen molar-refractivity contribution < 1.29 is 8.78 Å². The molecule has 0 fully saturated rings. The van der Waals surface area contributed by atoms with Gasteiger partial charge in [0, 0.05) is 12.6 Å². The van der Waals surface area contributed by atoms with Crippen molar-refractivity contribution in [3.8, 4) is 5.69 Å². The molecule has 0 bridgehead atoms. The number of hydrogen-bond donors (Lipinski definition) is 1. The molecule has 20 heavy (non-hydrogen) atoms. The molecule has 0 aliphatic heterocycles. The molecule has 0 radical (unpaired) electrons. The molecule has 1 aromatic heterocycles. The van der Waals surface area contributed by atoms with Gasteiger partial charge in [-0.25, -0.2) is 18.4 Å². The van der Waals surface area contributed by atoms with Crippen LogP contribution in [0.3, 0.4) is 0 Å². The zero-order valence-corrected chi connectivity index (χ0v) is 12.0. The maximum absolute atomic E-state index is 14.2. The van der Waals surface area contributed by atoms with Crippen LogP contribution in [0.25, 0.3) is 5.69 Å². The van der Waals surface area contributed by atoms with Crippen LogP contribution in [0.1, 0.15) is 31.1 Å². The van der Waals surface area contributed by atoms with E-state index in [0.717, 1.165) is 0 Å². The summed E-state index contributed by atoms with van der Waals surface area (Å²) in [7, 11) is 0. The normalized spacial score (nSPS) is 11.3. The van der Waals surface area contributed by atoms with Gasteiger partial charge in [0.2, 0.25) is 0 Å². The van der Waals surface area contributed by atoms with Gasteiger partial charge in [0.15, 0.2) is 11.6 Å². The molecule has 0 atom stereocenters. The molecular weight excluding hydrogens is 262 g/mol. The molecule has 108 valence electrons. The average molecular weight is 280 g/mol. The summed E-state index contributed by atoms with van der Waals surface area (Å²) in [4.78, 5) is 4.06. The Kier molecular flexibility index (Phi) is 4.13. The fraction of sp³-hybridized carbons (Fsp3) is 0.429. The lowest BCUT2D eigenvalue weighted by atomic mass is 10.1. The van der Waals surface area contributed by atoms with Crippen molar-refractivity contribution in [3.63, 3.8) is 0 Å². The lowest BCUT2D eigenvalue weighted by Crippen LogP contribution is -2.22. The number of aryl methyl sites for hydroxylation is 2. The standard InChI is InChI=1S/C14H18F2N4/c1-8(2)17-7-11-5-12(15)14(13(16)6-11)20-10(4)18-9(3)19-20/h5-6,8,17H,7H2,1-4H3. The Bertz CT molecular complexity index is 597. The first-order valence-corrected chi connectivity index (χ1v) is 6.50. The first-order valence-electron chi connectivity index (χ1n) is 6.50. The Hall–Kier alpha value is -1.82. The summed E-state index contributed by atoms with van der Waals surface area (Å²) in [5.41, 5.74) is 0.378. The van der Waals surface area contributed by atoms with Gasteiger partial charge in [-0.15, -0.1) is 0 Å². The summed E-state index contributed by atoms with van der Waals surface area (Å²) < 4.78 is 29.5. The Balaban J connectivity index is 2.39. The number of nitrogens with one attached hydrogen (secondary N) is 1. The molecule has 1 N–H and O–H groups in total. The van der Waals surface area contributed by atoms with E-state index >= 15 is 0 Å². The van der Waals surface area contributed by atoms with Crippen LogP contribution in [0.5, 0.6) is 0 Å². The molecule has 4 nitrogen and oxygen atoms in total. The summed E-state index contributed by atoms with van der Waals surface area (Å²) in [6.07, 6.45) is 0. The summed E-state index contributed by atoms with van der Waals surface area (Å²) >= 11 is 0. The molecule has 6 heteroatoms. The van der Waals surface area contributed by atoms with Crippen molar-refractivity contribution in [1.82, 2.24) is 20.1 Å². The molecule has 2 rings (SSSR count). The van der Waals surface area contributed by atoms with Gasteiger partial charge in [0.05, 0.1) is 0 Å². The minimum absolute atomic E-state index is 0.184. The molecule has 0 aliphatic rings. The average Bonchev–Trinajstić information content (AvgIpc) is 2.65. The van der Waals surface area contributed by atoms with E-state index in [1.807, 2.05) is 13.8 Å². The fourth-order valence-electron chi connectivity index (χ4n) is 1.98. The highest BCUT2D eigenvalue weighted by Gasteiger charge is 2.16. The molecule has 1 heterocycles. The zero-order chi connectivity index (χ0) is 14.9. The zero-order valence-electron chi connectivity index (χ0n) is 12.0. The molecule has 0 saturated heterocycles. The molecule has 0 amide bonds. The van der Waals surface area contributed by atoms with Crippen LogP contribution in [-0.2, 0) is 6.54 Å². The van der Waals surface area contributed by atoms with E-state index in [1.54, 1.807) is 13.8 Å². The summed E-state index contributed by atoms with van der Waals surface area (Å²) in [5.74, 6) is -0.350. The Morgan fingerprint density at radius 2 is 1.80 bits per heavy atom. The second-order valence-corrected chi connectivity index (χ2v) is 5.06. The first kappa shape index (κ1) is 14.6. The van der Waals surface area contributed by atoms with Crippen molar-refractivity contribution in [2.75, 3.05) is 0 Å². The number of aromatic nitrogens is 3. The topological polar surface area (TPSA) is 42.7 Å². The lowest BCUT2D eigenvalue weighted by Gasteiger charge is -2.11. The van der Waals surface area contributed by atoms with Crippen molar-refractivity contribution >= 4 is 0 Å². The summed E-state index contributed by atoms with van der Waals surface area (Å²) in [5, 5.41) is 7.14. The van der Waals surface area contributed by atoms with E-state index in [4.69, 9.17) is 0 Å². The van der Waals surface area contributed by atoms with E-state index in [2.05, 4.69) is 15.4 Å². The van der Waals surface area contributed by atoms with Crippen molar-refractivity contribution in [1.29, 1.82) is 0 Å². The van der Waals surface area contributed by atoms with E-state index in [9.17, 15) is 8.78 Å². The van der Waals surface area contributed by atoms with Gasteiger partial charge in [-0.1, -0.05) is 13.8 Å². The van der Waals surface area contributed by atoms with Gasteiger partial charge in [0.25, 0.3) is 0 Å². The van der Waals surface area contributed by atoms with Crippen LogP contribution >= 0.6 is 0 Å². The van der Waals surface area contributed by atoms with Crippen LogP contribution in [0.2, 0.25) is 0 Å². The molecule has 0 aliphatic carbocycles. The fourth-order valence-corrected chi connectivity index (χ4v) is 1.98. The van der Waals surface area contributed by atoms with Crippen LogP contribution in [0, 0.1) is 25.5 Å². The summed E-state index contributed by atoms with van der Waals surface area (Å²) in [6, 6.07) is 2.90. The Morgan fingerprint density at radius 3 is 2.25 bits per heavy atom. The Labute approximate surface area is 116 Å². The maximum Gasteiger partial charge on any atom is 0.152 e. The van der Waals surface area contributed by atoms with Gasteiger partial charge in [-0.3, -0.25) is 0 Å². The van der Waals surface area contributed by atoms with E-state index in [-0.39, 0.29) is 11.7 Å². The third kappa shape index (κ3) is 3.01. The number of hydrogen-bond acceptors (Lipinski definition) is 3. The third-order valence-corrected chi connectivity index (χ3v) is 2.88. The van der Waals surface area contributed by atoms with Crippen molar-refractivity contribution in [2.45, 2.75) is 40.3 Å². The predicted octanol–water partition coefficient (Wildman–Crippen LogP) is 2.66. The van der Waals surface area contributed by atoms with E-state index in [1.165, 1.54) is 16.8 Å². The minimum atomic E-state index is -0.640. The number of benzene rings is 1. The van der Waals surface area contributed by atoms with Gasteiger partial charge < -0.3 is 5.32 Å². The van der Waals surface area contributed by atoms with E-state index < -0.39 is 11.6 Å². The molecule has 0 unspecified atom stereocenters. The summed E-state index contributed by atoms with van der Waals surface area (Å²) in [6.45, 7) is 7.71. The maximum atomic E-state index is 14.2. The van der Waals surface area contributed by atoms with Gasteiger partial charge >= 0.3 is 0 Å². The van der Waals surface area contributed by atoms with Gasteiger partial charge in [0.1, 0.15) is 17.3 Å². The quantitative estimate of drug-likeness (QED) is 0.936. The number of halogens is 2. The predicted molar refractivity (Wildman–Crippen MR) is 72.7 cm³/mol. The van der Waals surface area contributed by atoms with Crippen LogP contribution in [0.4, 0.5) is 8.78 Å². The van der Waals surface area contributed by atoms with Crippen LogP contribution < -0.4 is 5.32 Å². The smallest absolute Gasteiger partial charge is 0.152 e. The van der Waals surface area contributed by atoms with Crippen molar-refractivity contribution in [3.05, 3.63) is 41.0 Å². The van der Waals surface area contributed by atoms with Crippen LogP contribution in [-0.4, -0.2) is 20.8 Å². The van der Waals surface area contributed by atoms with Crippen molar-refractivity contribution in [2.24, 2.45) is 0 Å². The number of rotatable bonds is 4. The second-order valence-electron chi connectivity index (χ2n) is 5.06. The monoisotopic (exact) mass is 280 g/mol. The highest BCUT2D eigenvalue weighted by molar-refractivity contribution is 5.38. The largest absolute Gasteiger partial charge is 0.310 e. The third-order valence-electron chi connectivity index (χ3n) is 2.88. The lowest BCUT2D eigenvalue weighted by molar-refractivity contribution is 0.543. The molecule has 0 saturated carbocycles. The SMILES string of the molecule is Cc1nc(C)n(-c2c(F)cc(CNC(C)C)cc2F)n1. The highest BCUT2D eigenvalue weighted by atomic mass is 19.1. The Morgan fingerprint density at radius 1 is 1.20 bits per heavy atom. The number of nitrogens with zero attached hydrogens (tertiary/aromatic N) is 3. The molecular formula is C14H18F2N4. The minimum Gasteiger partial charge on any atom is -0.310 e. The van der Waals surface area contributed by atoms with Crippen LogP contribution in [0.15, 0.2) is 12.1 Å². The molecule has 2 aromatic rings. The molecule has 1 aromatic carbocycles.